The van der Waals surface area contributed by atoms with E-state index < -0.39 is 11.4 Å². The number of hydrogen-bond acceptors (Lipinski definition) is 3. The van der Waals surface area contributed by atoms with Gasteiger partial charge in [-0.05, 0) is 33.8 Å². The minimum absolute atomic E-state index is 0.343. The molecule has 1 heterocycles. The molecule has 0 fully saturated rings. The minimum atomic E-state index is -1.24. The van der Waals surface area contributed by atoms with Gasteiger partial charge in [-0.2, -0.15) is 5.10 Å². The van der Waals surface area contributed by atoms with Gasteiger partial charge in [0.1, 0.15) is 16.1 Å². The van der Waals surface area contributed by atoms with E-state index in [0.717, 1.165) is 22.2 Å². The zero-order valence-corrected chi connectivity index (χ0v) is 12.8. The number of rotatable bonds is 2. The van der Waals surface area contributed by atoms with Crippen LogP contribution in [0.3, 0.4) is 0 Å². The predicted octanol–water partition coefficient (Wildman–Crippen LogP) is 2.84. The molecule has 0 bridgehead atoms. The Morgan fingerprint density at radius 3 is 2.68 bits per heavy atom. The summed E-state index contributed by atoms with van der Waals surface area (Å²) in [6, 6.07) is 5.90. The van der Waals surface area contributed by atoms with Crippen LogP contribution in [0.4, 0.5) is 0 Å². The molecule has 0 saturated carbocycles. The molecule has 19 heavy (non-hydrogen) atoms. The van der Waals surface area contributed by atoms with Crippen molar-refractivity contribution in [2.75, 3.05) is 0 Å². The number of aromatic nitrogens is 2. The molecule has 1 aromatic heterocycles. The van der Waals surface area contributed by atoms with Crippen LogP contribution in [0.15, 0.2) is 28.8 Å². The molecule has 2 rings (SSSR count). The third kappa shape index (κ3) is 2.98. The second-order valence-corrected chi connectivity index (χ2v) is 7.48. The lowest BCUT2D eigenvalue weighted by Gasteiger charge is -2.18. The number of hydrogen-bond donors (Lipinski definition) is 0. The zero-order chi connectivity index (χ0) is 14.2. The number of aryl methyl sites for hydroxylation is 1. The maximum absolute atomic E-state index is 12.1. The molecule has 0 saturated heterocycles. The van der Waals surface area contributed by atoms with E-state index in [0.29, 0.717) is 0 Å². The molecule has 0 aliphatic carbocycles. The molecule has 0 radical (unpaired) electrons. The van der Waals surface area contributed by atoms with E-state index in [1.165, 1.54) is 0 Å². The first-order chi connectivity index (χ1) is 8.79. The van der Waals surface area contributed by atoms with Crippen LogP contribution in [-0.2, 0) is 18.4 Å². The van der Waals surface area contributed by atoms with Gasteiger partial charge in [-0.15, -0.1) is 0 Å². The Morgan fingerprint density at radius 1 is 1.37 bits per heavy atom. The van der Waals surface area contributed by atoms with E-state index in [-0.39, 0.29) is 4.75 Å². The van der Waals surface area contributed by atoms with E-state index >= 15 is 0 Å². The molecule has 0 aliphatic heterocycles. The predicted molar refractivity (Wildman–Crippen MR) is 80.8 cm³/mol. The van der Waals surface area contributed by atoms with Crippen molar-refractivity contribution in [3.63, 3.8) is 0 Å². The lowest BCUT2D eigenvalue weighted by atomic mass is 10.1. The molecule has 0 spiro atoms. The molecule has 1 aromatic carbocycles. The van der Waals surface area contributed by atoms with Gasteiger partial charge in [-0.25, -0.2) is 0 Å². The van der Waals surface area contributed by atoms with Crippen molar-refractivity contribution >= 4 is 28.0 Å². The molecule has 5 heteroatoms. The second kappa shape index (κ2) is 4.98. The summed E-state index contributed by atoms with van der Waals surface area (Å²) in [4.78, 5) is 0. The maximum atomic E-state index is 12.1. The van der Waals surface area contributed by atoms with Gasteiger partial charge in [0.05, 0.1) is 11.2 Å². The van der Waals surface area contributed by atoms with Gasteiger partial charge in [-0.3, -0.25) is 4.68 Å². The standard InChI is InChI=1S/C14H19N3OS/c1-10(16-19(18)14(2,3)4)11-7-6-8-13-12(11)9-17(5)15-13/h6-9H,1-5H3/b16-10+/t19-/m0/s1. The van der Waals surface area contributed by atoms with Crippen LogP contribution >= 0.6 is 0 Å². The summed E-state index contributed by atoms with van der Waals surface area (Å²) in [5.74, 6) is 0. The van der Waals surface area contributed by atoms with Crippen LogP contribution in [0.25, 0.3) is 10.9 Å². The molecule has 102 valence electrons. The van der Waals surface area contributed by atoms with Crippen LogP contribution in [0.5, 0.6) is 0 Å². The van der Waals surface area contributed by atoms with Gasteiger partial charge < -0.3 is 4.55 Å². The van der Waals surface area contributed by atoms with Gasteiger partial charge in [-0.1, -0.05) is 16.5 Å². The van der Waals surface area contributed by atoms with Gasteiger partial charge in [0.25, 0.3) is 0 Å². The van der Waals surface area contributed by atoms with Crippen LogP contribution in [0, 0.1) is 0 Å². The Balaban J connectivity index is 2.47. The first-order valence-corrected chi connectivity index (χ1v) is 7.30. The number of benzene rings is 1. The average Bonchev–Trinajstić information content (AvgIpc) is 2.67. The summed E-state index contributed by atoms with van der Waals surface area (Å²) in [5.41, 5.74) is 2.70. The fourth-order valence-corrected chi connectivity index (χ4v) is 2.41. The summed E-state index contributed by atoms with van der Waals surface area (Å²) in [7, 11) is 1.89. The molecule has 0 N–H and O–H groups in total. The van der Waals surface area contributed by atoms with Gasteiger partial charge in [0.2, 0.25) is 0 Å². The molecule has 2 aromatic rings. The summed E-state index contributed by atoms with van der Waals surface area (Å²) in [5, 5.41) is 5.41. The van der Waals surface area contributed by atoms with Crippen molar-refractivity contribution in [1.82, 2.24) is 9.78 Å². The Hall–Kier alpha value is -1.33. The number of nitrogens with zero attached hydrogens (tertiary/aromatic N) is 3. The minimum Gasteiger partial charge on any atom is -0.591 e. The molecular weight excluding hydrogens is 258 g/mol. The van der Waals surface area contributed by atoms with Crippen molar-refractivity contribution in [2.24, 2.45) is 11.4 Å². The molecule has 0 amide bonds. The van der Waals surface area contributed by atoms with Gasteiger partial charge >= 0.3 is 0 Å². The normalized spacial score (nSPS) is 14.9. The summed E-state index contributed by atoms with van der Waals surface area (Å²) < 4.78 is 17.9. The Kier molecular flexibility index (Phi) is 3.69. The van der Waals surface area contributed by atoms with Crippen molar-refractivity contribution in [3.05, 3.63) is 30.0 Å². The SMILES string of the molecule is C/C(=N\[S@@+]([O-])C(C)(C)C)c1cccc2nn(C)cc12. The fourth-order valence-electron chi connectivity index (χ4n) is 1.79. The van der Waals surface area contributed by atoms with E-state index in [1.807, 2.05) is 59.1 Å². The zero-order valence-electron chi connectivity index (χ0n) is 12.0. The summed E-state index contributed by atoms with van der Waals surface area (Å²) >= 11 is -1.24. The lowest BCUT2D eigenvalue weighted by Crippen LogP contribution is -2.26. The topological polar surface area (TPSA) is 53.2 Å². The van der Waals surface area contributed by atoms with Crippen LogP contribution < -0.4 is 0 Å². The first kappa shape index (κ1) is 14.1. The summed E-state index contributed by atoms with van der Waals surface area (Å²) in [6.45, 7) is 7.66. The van der Waals surface area contributed by atoms with E-state index in [2.05, 4.69) is 9.50 Å². The quantitative estimate of drug-likeness (QED) is 0.626. The largest absolute Gasteiger partial charge is 0.591 e. The molecule has 1 atom stereocenters. The smallest absolute Gasteiger partial charge is 0.144 e. The van der Waals surface area contributed by atoms with Crippen LogP contribution in [-0.4, -0.2) is 24.8 Å². The number of fused-ring (bicyclic) bond motifs is 1. The third-order valence-electron chi connectivity index (χ3n) is 2.80. The molecule has 0 aliphatic rings. The highest BCUT2D eigenvalue weighted by Gasteiger charge is 2.27. The average molecular weight is 277 g/mol. The molecule has 0 unspecified atom stereocenters. The monoisotopic (exact) mass is 277 g/mol. The van der Waals surface area contributed by atoms with E-state index in [1.54, 1.807) is 4.68 Å². The van der Waals surface area contributed by atoms with Crippen LogP contribution in [0.2, 0.25) is 0 Å². The van der Waals surface area contributed by atoms with Gasteiger partial charge in [0, 0.05) is 24.2 Å². The van der Waals surface area contributed by atoms with E-state index in [4.69, 9.17) is 0 Å². The van der Waals surface area contributed by atoms with Crippen molar-refractivity contribution in [3.8, 4) is 0 Å². The Labute approximate surface area is 116 Å². The lowest BCUT2D eigenvalue weighted by molar-refractivity contribution is 0.561. The molecular formula is C14H19N3OS. The maximum Gasteiger partial charge on any atom is 0.144 e. The van der Waals surface area contributed by atoms with Crippen LogP contribution in [0.1, 0.15) is 33.3 Å². The van der Waals surface area contributed by atoms with Gasteiger partial charge in [0.15, 0.2) is 0 Å². The summed E-state index contributed by atoms with van der Waals surface area (Å²) in [6.07, 6.45) is 1.96. The van der Waals surface area contributed by atoms with Crippen molar-refractivity contribution in [1.29, 1.82) is 0 Å². The fraction of sp³-hybridized carbons (Fsp3) is 0.429. The van der Waals surface area contributed by atoms with Crippen molar-refractivity contribution < 1.29 is 4.55 Å². The highest BCUT2D eigenvalue weighted by atomic mass is 32.2. The Bertz CT molecular complexity index is 625. The van der Waals surface area contributed by atoms with E-state index in [9.17, 15) is 4.55 Å². The highest BCUT2D eigenvalue weighted by molar-refractivity contribution is 7.91. The van der Waals surface area contributed by atoms with Crippen molar-refractivity contribution in [2.45, 2.75) is 32.4 Å². The molecule has 4 nitrogen and oxygen atoms in total. The highest BCUT2D eigenvalue weighted by Crippen LogP contribution is 2.21. The third-order valence-corrected chi connectivity index (χ3v) is 4.29. The second-order valence-electron chi connectivity index (χ2n) is 5.58. The Morgan fingerprint density at radius 2 is 2.05 bits per heavy atom. The first-order valence-electron chi connectivity index (χ1n) is 6.19.